The molecule has 0 spiro atoms. The number of aliphatic hydroxyl groups is 1. The third-order valence-electron chi connectivity index (χ3n) is 3.16. The molecule has 0 fully saturated rings. The summed E-state index contributed by atoms with van der Waals surface area (Å²) in [6, 6.07) is 2.19. The Hall–Kier alpha value is -0.870. The lowest BCUT2D eigenvalue weighted by molar-refractivity contribution is 0.0442. The Labute approximate surface area is 104 Å². The second-order valence-electron chi connectivity index (χ2n) is 5.33. The van der Waals surface area contributed by atoms with E-state index in [1.807, 2.05) is 32.4 Å². The first-order chi connectivity index (χ1) is 7.80. The van der Waals surface area contributed by atoms with Gasteiger partial charge in [0.2, 0.25) is 0 Å². The van der Waals surface area contributed by atoms with E-state index in [-0.39, 0.29) is 6.04 Å². The van der Waals surface area contributed by atoms with Crippen LogP contribution in [0.2, 0.25) is 0 Å². The second kappa shape index (κ2) is 5.65. The molecular weight excluding hydrogens is 214 g/mol. The maximum Gasteiger partial charge on any atom is 0.0741 e. The molecule has 4 nitrogen and oxygen atoms in total. The summed E-state index contributed by atoms with van der Waals surface area (Å²) in [5.41, 5.74) is 1.61. The number of aryl methyl sites for hydroxylation is 3. The summed E-state index contributed by atoms with van der Waals surface area (Å²) in [4.78, 5) is 0. The zero-order chi connectivity index (χ0) is 13.1. The molecule has 0 saturated heterocycles. The summed E-state index contributed by atoms with van der Waals surface area (Å²) < 4.78 is 2.03. The molecule has 0 bridgehead atoms. The van der Waals surface area contributed by atoms with Crippen molar-refractivity contribution in [3.05, 3.63) is 17.5 Å². The minimum atomic E-state index is -0.668. The van der Waals surface area contributed by atoms with Crippen LogP contribution >= 0.6 is 0 Å². The quantitative estimate of drug-likeness (QED) is 0.742. The van der Waals surface area contributed by atoms with E-state index in [4.69, 9.17) is 0 Å². The Bertz CT molecular complexity index is 352. The normalized spacial score (nSPS) is 14.0. The molecule has 0 amide bonds. The third-order valence-corrected chi connectivity index (χ3v) is 3.16. The number of hydrogen-bond donors (Lipinski definition) is 2. The highest BCUT2D eigenvalue weighted by Crippen LogP contribution is 2.07. The van der Waals surface area contributed by atoms with Gasteiger partial charge in [-0.3, -0.25) is 4.68 Å². The van der Waals surface area contributed by atoms with Crippen LogP contribution in [0, 0.1) is 13.8 Å². The number of hydrogen-bond acceptors (Lipinski definition) is 3. The maximum absolute atomic E-state index is 9.77. The first kappa shape index (κ1) is 14.2. The van der Waals surface area contributed by atoms with E-state index in [1.165, 1.54) is 5.69 Å². The highest BCUT2D eigenvalue weighted by Gasteiger charge is 2.20. The van der Waals surface area contributed by atoms with Crippen molar-refractivity contribution in [3.63, 3.8) is 0 Å². The fraction of sp³-hybridized carbons (Fsp3) is 0.769. The topological polar surface area (TPSA) is 50.1 Å². The average Bonchev–Trinajstić information content (AvgIpc) is 2.50. The molecule has 1 rings (SSSR count). The Balaban J connectivity index is 2.27. The van der Waals surface area contributed by atoms with E-state index < -0.39 is 5.60 Å². The average molecular weight is 239 g/mol. The molecule has 1 aromatic heterocycles. The molecule has 0 aliphatic carbocycles. The van der Waals surface area contributed by atoms with Crippen molar-refractivity contribution in [2.24, 2.45) is 0 Å². The van der Waals surface area contributed by atoms with Crippen LogP contribution in [0.15, 0.2) is 6.07 Å². The Morgan fingerprint density at radius 1 is 1.47 bits per heavy atom. The van der Waals surface area contributed by atoms with Gasteiger partial charge in [-0.1, -0.05) is 0 Å². The molecule has 0 saturated carbocycles. The molecule has 2 N–H and O–H groups in total. The zero-order valence-corrected chi connectivity index (χ0v) is 11.6. The van der Waals surface area contributed by atoms with E-state index in [0.717, 1.165) is 25.2 Å². The third kappa shape index (κ3) is 4.48. The van der Waals surface area contributed by atoms with Crippen LogP contribution in [0.4, 0.5) is 0 Å². The summed E-state index contributed by atoms with van der Waals surface area (Å²) in [5.74, 6) is 0. The zero-order valence-electron chi connectivity index (χ0n) is 11.6. The van der Waals surface area contributed by atoms with Gasteiger partial charge in [0, 0.05) is 18.3 Å². The van der Waals surface area contributed by atoms with Gasteiger partial charge in [-0.05, 0) is 53.7 Å². The first-order valence-electron chi connectivity index (χ1n) is 6.27. The van der Waals surface area contributed by atoms with Crippen molar-refractivity contribution in [2.45, 2.75) is 59.2 Å². The Morgan fingerprint density at radius 3 is 2.59 bits per heavy atom. The van der Waals surface area contributed by atoms with Crippen LogP contribution in [0.3, 0.4) is 0 Å². The van der Waals surface area contributed by atoms with Crippen molar-refractivity contribution in [3.8, 4) is 0 Å². The van der Waals surface area contributed by atoms with Crippen LogP contribution in [-0.2, 0) is 6.54 Å². The molecular formula is C13H25N3O. The first-order valence-corrected chi connectivity index (χ1v) is 6.27. The molecule has 98 valence electrons. The molecule has 4 heteroatoms. The number of rotatable bonds is 6. The minimum Gasteiger partial charge on any atom is -0.389 e. The van der Waals surface area contributed by atoms with E-state index in [9.17, 15) is 5.11 Å². The van der Waals surface area contributed by atoms with Crippen LogP contribution in [0.1, 0.15) is 38.6 Å². The summed E-state index contributed by atoms with van der Waals surface area (Å²) in [7, 11) is 0. The van der Waals surface area contributed by atoms with E-state index >= 15 is 0 Å². The van der Waals surface area contributed by atoms with Crippen molar-refractivity contribution >= 4 is 0 Å². The molecule has 1 atom stereocenters. The fourth-order valence-corrected chi connectivity index (χ4v) is 1.70. The van der Waals surface area contributed by atoms with Crippen molar-refractivity contribution < 1.29 is 5.11 Å². The molecule has 17 heavy (non-hydrogen) atoms. The smallest absolute Gasteiger partial charge is 0.0741 e. The summed E-state index contributed by atoms with van der Waals surface area (Å²) in [5, 5.41) is 17.5. The molecule has 0 radical (unpaired) electrons. The summed E-state index contributed by atoms with van der Waals surface area (Å²) in [6.45, 7) is 11.6. The predicted octanol–water partition coefficient (Wildman–Crippen LogP) is 1.64. The van der Waals surface area contributed by atoms with E-state index in [0.29, 0.717) is 0 Å². The van der Waals surface area contributed by atoms with E-state index in [1.54, 1.807) is 0 Å². The van der Waals surface area contributed by atoms with Gasteiger partial charge in [0.25, 0.3) is 0 Å². The lowest BCUT2D eigenvalue weighted by Crippen LogP contribution is -2.44. The second-order valence-corrected chi connectivity index (χ2v) is 5.33. The highest BCUT2D eigenvalue weighted by atomic mass is 16.3. The molecule has 0 aromatic carbocycles. The lowest BCUT2D eigenvalue weighted by atomic mass is 10.0. The van der Waals surface area contributed by atoms with Crippen LogP contribution in [0.5, 0.6) is 0 Å². The van der Waals surface area contributed by atoms with Crippen LogP contribution < -0.4 is 5.32 Å². The number of nitrogens with zero attached hydrogens (tertiary/aromatic N) is 2. The minimum absolute atomic E-state index is 0.1000. The molecule has 0 aliphatic heterocycles. The van der Waals surface area contributed by atoms with Crippen molar-refractivity contribution in [2.75, 3.05) is 6.54 Å². The lowest BCUT2D eigenvalue weighted by Gasteiger charge is -2.26. The SMILES string of the molecule is Cc1cc(C)n(CCCNC(C)C(C)(C)O)n1. The molecule has 0 aliphatic rings. The van der Waals surface area contributed by atoms with Crippen LogP contribution in [0.25, 0.3) is 0 Å². The Kier molecular flexibility index (Phi) is 4.71. The van der Waals surface area contributed by atoms with Gasteiger partial charge in [0.15, 0.2) is 0 Å². The van der Waals surface area contributed by atoms with Gasteiger partial charge in [-0.25, -0.2) is 0 Å². The van der Waals surface area contributed by atoms with Crippen molar-refractivity contribution in [1.29, 1.82) is 0 Å². The fourth-order valence-electron chi connectivity index (χ4n) is 1.70. The van der Waals surface area contributed by atoms with Gasteiger partial charge >= 0.3 is 0 Å². The van der Waals surface area contributed by atoms with Gasteiger partial charge in [0.1, 0.15) is 0 Å². The van der Waals surface area contributed by atoms with Gasteiger partial charge < -0.3 is 10.4 Å². The maximum atomic E-state index is 9.77. The van der Waals surface area contributed by atoms with Gasteiger partial charge in [-0.15, -0.1) is 0 Å². The number of nitrogens with one attached hydrogen (secondary N) is 1. The summed E-state index contributed by atoms with van der Waals surface area (Å²) >= 11 is 0. The van der Waals surface area contributed by atoms with Crippen molar-refractivity contribution in [1.82, 2.24) is 15.1 Å². The Morgan fingerprint density at radius 2 is 2.12 bits per heavy atom. The summed E-state index contributed by atoms with van der Waals surface area (Å²) in [6.07, 6.45) is 1.02. The number of aromatic nitrogens is 2. The predicted molar refractivity (Wildman–Crippen MR) is 70.1 cm³/mol. The largest absolute Gasteiger partial charge is 0.389 e. The van der Waals surface area contributed by atoms with Gasteiger partial charge in [-0.2, -0.15) is 5.10 Å². The monoisotopic (exact) mass is 239 g/mol. The molecule has 1 unspecified atom stereocenters. The van der Waals surface area contributed by atoms with E-state index in [2.05, 4.69) is 23.4 Å². The van der Waals surface area contributed by atoms with Gasteiger partial charge in [0.05, 0.1) is 11.3 Å². The van der Waals surface area contributed by atoms with Crippen LogP contribution in [-0.4, -0.2) is 33.1 Å². The molecule has 1 aromatic rings. The molecule has 1 heterocycles. The standard InChI is InChI=1S/C13H25N3O/c1-10-9-11(2)16(15-10)8-6-7-14-12(3)13(4,5)17/h9,12,14,17H,6-8H2,1-5H3. The highest BCUT2D eigenvalue weighted by molar-refractivity contribution is 5.06.